The number of rotatable bonds is 5. The van der Waals surface area contributed by atoms with Gasteiger partial charge in [0, 0.05) is 74.5 Å². The van der Waals surface area contributed by atoms with Crippen molar-refractivity contribution in [3.8, 4) is 0 Å². The Morgan fingerprint density at radius 3 is 2.83 bits per heavy atom. The van der Waals surface area contributed by atoms with Crippen molar-refractivity contribution in [3.05, 3.63) is 30.7 Å². The van der Waals surface area contributed by atoms with E-state index >= 15 is 0 Å². The van der Waals surface area contributed by atoms with Gasteiger partial charge in [0.1, 0.15) is 5.65 Å². The van der Waals surface area contributed by atoms with Crippen LogP contribution in [-0.4, -0.2) is 65.7 Å². The van der Waals surface area contributed by atoms with Gasteiger partial charge in [-0.25, -0.2) is 4.98 Å². The van der Waals surface area contributed by atoms with Gasteiger partial charge < -0.3 is 19.5 Å². The number of fused-ring (bicyclic) bond motifs is 3. The number of H-pyrrole nitrogens is 1. The number of nitrogens with one attached hydrogen (secondary N) is 1. The second-order valence-electron chi connectivity index (χ2n) is 8.67. The van der Waals surface area contributed by atoms with E-state index in [9.17, 15) is 4.79 Å². The highest BCUT2D eigenvalue weighted by Gasteiger charge is 2.29. The lowest BCUT2D eigenvalue weighted by Crippen LogP contribution is -2.37. The molecular weight excluding hydrogens is 378 g/mol. The maximum atomic E-state index is 12.8. The second kappa shape index (κ2) is 8.22. The van der Waals surface area contributed by atoms with Crippen LogP contribution in [0.3, 0.4) is 0 Å². The third-order valence-electron chi connectivity index (χ3n) is 6.73. The van der Waals surface area contributed by atoms with Crippen molar-refractivity contribution >= 4 is 33.5 Å². The molecule has 2 fully saturated rings. The highest BCUT2D eigenvalue weighted by atomic mass is 16.5. The quantitative estimate of drug-likeness (QED) is 0.703. The van der Waals surface area contributed by atoms with E-state index in [1.807, 2.05) is 23.5 Å². The molecule has 1 amide bonds. The summed E-state index contributed by atoms with van der Waals surface area (Å²) in [6.45, 7) is 4.44. The molecule has 2 aliphatic rings. The van der Waals surface area contributed by atoms with Crippen molar-refractivity contribution < 1.29 is 9.53 Å². The van der Waals surface area contributed by atoms with Crippen LogP contribution >= 0.6 is 0 Å². The number of hydrogen-bond acceptors (Lipinski definition) is 5. The number of pyridine rings is 2. The first-order valence-corrected chi connectivity index (χ1v) is 11.0. The molecule has 0 aromatic carbocycles. The molecule has 0 bridgehead atoms. The smallest absolute Gasteiger partial charge is 0.222 e. The number of anilines is 1. The predicted molar refractivity (Wildman–Crippen MR) is 118 cm³/mol. The van der Waals surface area contributed by atoms with Gasteiger partial charge in [-0.1, -0.05) is 0 Å². The highest BCUT2D eigenvalue weighted by molar-refractivity contribution is 6.09. The molecule has 1 N–H and O–H groups in total. The molecule has 7 heteroatoms. The summed E-state index contributed by atoms with van der Waals surface area (Å²) in [5.74, 6) is 1.29. The minimum atomic E-state index is 0.321. The Balaban J connectivity index is 1.25. The Morgan fingerprint density at radius 1 is 1.17 bits per heavy atom. The molecule has 0 radical (unpaired) electrons. The zero-order chi connectivity index (χ0) is 20.5. The summed E-state index contributed by atoms with van der Waals surface area (Å²) in [5, 5.41) is 2.28. The summed E-state index contributed by atoms with van der Waals surface area (Å²) in [6, 6.07) is 4.19. The zero-order valence-electron chi connectivity index (χ0n) is 17.5. The van der Waals surface area contributed by atoms with Crippen LogP contribution in [0.25, 0.3) is 21.9 Å². The van der Waals surface area contributed by atoms with Crippen molar-refractivity contribution in [1.29, 1.82) is 0 Å². The van der Waals surface area contributed by atoms with Gasteiger partial charge in [-0.05, 0) is 37.3 Å². The van der Waals surface area contributed by atoms with Gasteiger partial charge in [0.15, 0.2) is 0 Å². The van der Waals surface area contributed by atoms with Gasteiger partial charge in [-0.3, -0.25) is 9.78 Å². The predicted octanol–water partition coefficient (Wildman–Crippen LogP) is 3.21. The molecule has 1 atom stereocenters. The lowest BCUT2D eigenvalue weighted by molar-refractivity contribution is -0.131. The van der Waals surface area contributed by atoms with Crippen LogP contribution < -0.4 is 4.90 Å². The standard InChI is InChI=1S/C23H29N5O2/c1-30-15-17-6-11-28(14-17)21(29)12-16-4-9-27(10-5-16)20-3-8-24-19-13-26-23-18(22(19)20)2-7-25-23/h2-3,7-8,13,16-17H,4-6,9-12,14-15H2,1H3,(H,25,26). The Bertz CT molecular complexity index is 1040. The molecule has 3 aromatic rings. The maximum Gasteiger partial charge on any atom is 0.222 e. The van der Waals surface area contributed by atoms with Gasteiger partial charge in [-0.15, -0.1) is 0 Å². The van der Waals surface area contributed by atoms with E-state index in [1.54, 1.807) is 7.11 Å². The first kappa shape index (κ1) is 19.3. The summed E-state index contributed by atoms with van der Waals surface area (Å²) < 4.78 is 5.26. The van der Waals surface area contributed by atoms with Gasteiger partial charge in [0.05, 0.1) is 18.3 Å². The minimum Gasteiger partial charge on any atom is -0.384 e. The Hall–Kier alpha value is -2.67. The van der Waals surface area contributed by atoms with Crippen LogP contribution in [0.4, 0.5) is 5.69 Å². The molecule has 0 aliphatic carbocycles. The van der Waals surface area contributed by atoms with E-state index in [2.05, 4.69) is 32.0 Å². The average Bonchev–Trinajstić information content (AvgIpc) is 3.44. The SMILES string of the molecule is COCC1CCN(C(=O)CC2CCN(c3ccnc4cnc5[nH]ccc5c34)CC2)C1. The van der Waals surface area contributed by atoms with Crippen LogP contribution in [0, 0.1) is 11.8 Å². The highest BCUT2D eigenvalue weighted by Crippen LogP contribution is 2.34. The number of carbonyl (C=O) groups is 1. The summed E-state index contributed by atoms with van der Waals surface area (Å²) in [4.78, 5) is 29.4. The summed E-state index contributed by atoms with van der Waals surface area (Å²) in [6.07, 6.45) is 9.49. The number of aromatic amines is 1. The molecule has 2 saturated heterocycles. The summed E-state index contributed by atoms with van der Waals surface area (Å²) in [7, 11) is 1.74. The van der Waals surface area contributed by atoms with E-state index in [4.69, 9.17) is 4.74 Å². The molecule has 3 aromatic heterocycles. The van der Waals surface area contributed by atoms with Gasteiger partial charge in [-0.2, -0.15) is 0 Å². The number of nitrogens with zero attached hydrogens (tertiary/aromatic N) is 4. The number of amides is 1. The topological polar surface area (TPSA) is 74.3 Å². The van der Waals surface area contributed by atoms with Crippen molar-refractivity contribution in [2.45, 2.75) is 25.7 Å². The molecule has 0 saturated carbocycles. The third kappa shape index (κ3) is 3.62. The number of carbonyl (C=O) groups excluding carboxylic acids is 1. The number of ether oxygens (including phenoxy) is 1. The van der Waals surface area contributed by atoms with Gasteiger partial charge in [0.25, 0.3) is 0 Å². The van der Waals surface area contributed by atoms with E-state index in [-0.39, 0.29) is 0 Å². The first-order chi connectivity index (χ1) is 14.7. The summed E-state index contributed by atoms with van der Waals surface area (Å²) >= 11 is 0. The van der Waals surface area contributed by atoms with Crippen LogP contribution in [0.1, 0.15) is 25.7 Å². The molecule has 30 heavy (non-hydrogen) atoms. The fourth-order valence-electron chi connectivity index (χ4n) is 5.08. The molecule has 158 valence electrons. The average molecular weight is 408 g/mol. The fourth-order valence-corrected chi connectivity index (χ4v) is 5.08. The van der Waals surface area contributed by atoms with Crippen LogP contribution in [0.15, 0.2) is 30.7 Å². The van der Waals surface area contributed by atoms with Gasteiger partial charge in [0.2, 0.25) is 5.91 Å². The fraction of sp³-hybridized carbons (Fsp3) is 0.522. The number of aromatic nitrogens is 3. The van der Waals surface area contributed by atoms with Crippen LogP contribution in [0.2, 0.25) is 0 Å². The Labute approximate surface area is 176 Å². The monoisotopic (exact) mass is 407 g/mol. The molecule has 5 rings (SSSR count). The normalized spacial score (nSPS) is 20.5. The van der Waals surface area contributed by atoms with Crippen molar-refractivity contribution in [2.24, 2.45) is 11.8 Å². The third-order valence-corrected chi connectivity index (χ3v) is 6.73. The molecule has 7 nitrogen and oxygen atoms in total. The maximum absolute atomic E-state index is 12.8. The minimum absolute atomic E-state index is 0.321. The van der Waals surface area contributed by atoms with Crippen LogP contribution in [0.5, 0.6) is 0 Å². The van der Waals surface area contributed by atoms with Crippen molar-refractivity contribution in [1.82, 2.24) is 19.9 Å². The van der Waals surface area contributed by atoms with Crippen molar-refractivity contribution in [2.75, 3.05) is 44.8 Å². The van der Waals surface area contributed by atoms with E-state index in [0.29, 0.717) is 24.2 Å². The number of piperidine rings is 1. The van der Waals surface area contributed by atoms with E-state index < -0.39 is 0 Å². The van der Waals surface area contributed by atoms with Crippen molar-refractivity contribution in [3.63, 3.8) is 0 Å². The van der Waals surface area contributed by atoms with E-state index in [0.717, 1.165) is 68.6 Å². The van der Waals surface area contributed by atoms with Crippen LogP contribution in [-0.2, 0) is 9.53 Å². The number of hydrogen-bond donors (Lipinski definition) is 1. The summed E-state index contributed by atoms with van der Waals surface area (Å²) in [5.41, 5.74) is 3.05. The Kier molecular flexibility index (Phi) is 5.29. The van der Waals surface area contributed by atoms with E-state index in [1.165, 1.54) is 11.1 Å². The molecule has 0 spiro atoms. The first-order valence-electron chi connectivity index (χ1n) is 11.0. The Morgan fingerprint density at radius 2 is 2.00 bits per heavy atom. The molecule has 1 unspecified atom stereocenters. The lowest BCUT2D eigenvalue weighted by atomic mass is 9.92. The second-order valence-corrected chi connectivity index (χ2v) is 8.67. The number of methoxy groups -OCH3 is 1. The molecule has 5 heterocycles. The number of likely N-dealkylation sites (tertiary alicyclic amines) is 1. The molecular formula is C23H29N5O2. The lowest BCUT2D eigenvalue weighted by Gasteiger charge is -2.34. The largest absolute Gasteiger partial charge is 0.384 e. The van der Waals surface area contributed by atoms with Gasteiger partial charge >= 0.3 is 0 Å². The molecule has 2 aliphatic heterocycles. The zero-order valence-corrected chi connectivity index (χ0v) is 17.5.